The summed E-state index contributed by atoms with van der Waals surface area (Å²) in [6, 6.07) is 3.12. The number of aryl methyl sites for hydroxylation is 1. The van der Waals surface area contributed by atoms with Crippen LogP contribution in [0.4, 0.5) is 23.7 Å². The van der Waals surface area contributed by atoms with Gasteiger partial charge in [0.25, 0.3) is 0 Å². The second kappa shape index (κ2) is 8.61. The van der Waals surface area contributed by atoms with Crippen molar-refractivity contribution in [2.24, 2.45) is 0 Å². The SMILES string of the molecule is CSN(c1cc(C)c(Cl)cc1C1CCN(C(=O)OC(C)(C)C)CC1)C(F)(F)F. The molecule has 1 fully saturated rings. The van der Waals surface area contributed by atoms with E-state index in [0.29, 0.717) is 58.3 Å². The molecule has 0 N–H and O–H groups in total. The van der Waals surface area contributed by atoms with Crippen molar-refractivity contribution in [3.63, 3.8) is 0 Å². The first kappa shape index (κ1) is 23.0. The van der Waals surface area contributed by atoms with Gasteiger partial charge in [0.15, 0.2) is 0 Å². The van der Waals surface area contributed by atoms with Crippen molar-refractivity contribution in [3.05, 3.63) is 28.3 Å². The van der Waals surface area contributed by atoms with Gasteiger partial charge in [-0.25, -0.2) is 9.10 Å². The highest BCUT2D eigenvalue weighted by molar-refractivity contribution is 8.00. The van der Waals surface area contributed by atoms with Gasteiger partial charge in [-0.15, -0.1) is 13.2 Å². The maximum absolute atomic E-state index is 13.5. The molecule has 1 aliphatic heterocycles. The number of rotatable bonds is 3. The lowest BCUT2D eigenvalue weighted by molar-refractivity contribution is -0.114. The molecule has 1 saturated heterocycles. The molecule has 1 aliphatic rings. The van der Waals surface area contributed by atoms with Crippen LogP contribution in [0.2, 0.25) is 5.02 Å². The van der Waals surface area contributed by atoms with Crippen molar-refractivity contribution < 1.29 is 22.7 Å². The van der Waals surface area contributed by atoms with Gasteiger partial charge in [0.1, 0.15) is 5.60 Å². The van der Waals surface area contributed by atoms with Gasteiger partial charge in [-0.3, -0.25) is 0 Å². The summed E-state index contributed by atoms with van der Waals surface area (Å²) >= 11 is 6.84. The summed E-state index contributed by atoms with van der Waals surface area (Å²) in [6.45, 7) is 7.94. The van der Waals surface area contributed by atoms with E-state index in [1.54, 1.807) is 38.7 Å². The second-order valence-corrected chi connectivity index (χ2v) is 8.98. The molecule has 0 atom stereocenters. The van der Waals surface area contributed by atoms with E-state index < -0.39 is 18.0 Å². The summed E-state index contributed by atoms with van der Waals surface area (Å²) in [5, 5.41) is 0.441. The number of alkyl halides is 3. The monoisotopic (exact) mass is 438 g/mol. The third kappa shape index (κ3) is 5.63. The number of hydrogen-bond donors (Lipinski definition) is 0. The zero-order chi connectivity index (χ0) is 21.3. The number of halogens is 4. The minimum Gasteiger partial charge on any atom is -0.444 e. The van der Waals surface area contributed by atoms with E-state index >= 15 is 0 Å². The van der Waals surface area contributed by atoms with E-state index in [-0.39, 0.29) is 11.6 Å². The number of nitrogens with zero attached hydrogens (tertiary/aromatic N) is 2. The molecule has 1 amide bonds. The topological polar surface area (TPSA) is 32.8 Å². The first-order valence-corrected chi connectivity index (χ1v) is 10.6. The van der Waals surface area contributed by atoms with Crippen LogP contribution in [0, 0.1) is 6.92 Å². The van der Waals surface area contributed by atoms with Gasteiger partial charge in [-0.05, 0) is 81.7 Å². The molecule has 0 spiro atoms. The fourth-order valence-electron chi connectivity index (χ4n) is 3.22. The fourth-order valence-corrected chi connectivity index (χ4v) is 3.96. The van der Waals surface area contributed by atoms with E-state index in [0.717, 1.165) is 0 Å². The highest BCUT2D eigenvalue weighted by Gasteiger charge is 2.40. The standard InChI is InChI=1S/C19H26ClF3N2O2S/c1-12-10-16(25(28-5)19(21,22)23)14(11-15(12)20)13-6-8-24(9-7-13)17(26)27-18(2,3)4/h10-11,13H,6-9H2,1-5H3. The Balaban J connectivity index is 2.25. The molecule has 4 nitrogen and oxygen atoms in total. The number of likely N-dealkylation sites (tertiary alicyclic amines) is 1. The largest absolute Gasteiger partial charge is 0.494 e. The molecule has 1 heterocycles. The molecule has 0 aromatic heterocycles. The van der Waals surface area contributed by atoms with Gasteiger partial charge >= 0.3 is 12.4 Å². The normalized spacial score (nSPS) is 16.2. The minimum absolute atomic E-state index is 0.109. The van der Waals surface area contributed by atoms with Gasteiger partial charge in [0, 0.05) is 24.4 Å². The van der Waals surface area contributed by atoms with E-state index in [1.807, 2.05) is 0 Å². The molecule has 9 heteroatoms. The molecule has 28 heavy (non-hydrogen) atoms. The summed E-state index contributed by atoms with van der Waals surface area (Å²) in [5.74, 6) is -0.121. The number of carbonyl (C=O) groups excluding carboxylic acids is 1. The van der Waals surface area contributed by atoms with Gasteiger partial charge in [-0.2, -0.15) is 0 Å². The van der Waals surface area contributed by atoms with Crippen LogP contribution >= 0.6 is 23.5 Å². The Hall–Kier alpha value is -1.28. The van der Waals surface area contributed by atoms with E-state index in [9.17, 15) is 18.0 Å². The summed E-state index contributed by atoms with van der Waals surface area (Å²) in [4.78, 5) is 13.8. The van der Waals surface area contributed by atoms with Gasteiger partial charge in [-0.1, -0.05) is 11.6 Å². The predicted molar refractivity (Wildman–Crippen MR) is 108 cm³/mol. The summed E-state index contributed by atoms with van der Waals surface area (Å²) in [7, 11) is 0. The average Bonchev–Trinajstić information content (AvgIpc) is 2.56. The zero-order valence-corrected chi connectivity index (χ0v) is 18.3. The van der Waals surface area contributed by atoms with Crippen LogP contribution in [0.5, 0.6) is 0 Å². The lowest BCUT2D eigenvalue weighted by Crippen LogP contribution is -2.41. The number of amides is 1. The highest BCUT2D eigenvalue weighted by Crippen LogP contribution is 2.43. The lowest BCUT2D eigenvalue weighted by atomic mass is 9.87. The molecule has 2 rings (SSSR count). The van der Waals surface area contributed by atoms with Crippen molar-refractivity contribution in [1.29, 1.82) is 0 Å². The smallest absolute Gasteiger partial charge is 0.444 e. The Kier molecular flexibility index (Phi) is 7.08. The van der Waals surface area contributed by atoms with E-state index in [1.165, 1.54) is 12.3 Å². The van der Waals surface area contributed by atoms with E-state index in [4.69, 9.17) is 16.3 Å². The van der Waals surface area contributed by atoms with Crippen LogP contribution in [0.15, 0.2) is 12.1 Å². The van der Waals surface area contributed by atoms with Gasteiger partial charge in [0.2, 0.25) is 0 Å². The summed E-state index contributed by atoms with van der Waals surface area (Å²) in [6.07, 6.45) is -2.41. The first-order chi connectivity index (χ1) is 12.8. The number of ether oxygens (including phenoxy) is 1. The Morgan fingerprint density at radius 3 is 2.29 bits per heavy atom. The fraction of sp³-hybridized carbons (Fsp3) is 0.632. The predicted octanol–water partition coefficient (Wildman–Crippen LogP) is 6.37. The first-order valence-electron chi connectivity index (χ1n) is 9.02. The summed E-state index contributed by atoms with van der Waals surface area (Å²) in [5.41, 5.74) is 0.676. The quantitative estimate of drug-likeness (QED) is 0.405. The van der Waals surface area contributed by atoms with Crippen LogP contribution < -0.4 is 4.31 Å². The second-order valence-electron chi connectivity index (χ2n) is 7.85. The van der Waals surface area contributed by atoms with Crippen molar-refractivity contribution in [2.45, 2.75) is 58.4 Å². The van der Waals surface area contributed by atoms with Crippen molar-refractivity contribution in [3.8, 4) is 0 Å². The van der Waals surface area contributed by atoms with Crippen LogP contribution in [0.3, 0.4) is 0 Å². The minimum atomic E-state index is -4.51. The van der Waals surface area contributed by atoms with Gasteiger partial charge < -0.3 is 9.64 Å². The molecule has 0 radical (unpaired) electrons. The Bertz CT molecular complexity index is 714. The number of anilines is 1. The van der Waals surface area contributed by atoms with Crippen LogP contribution in [0.25, 0.3) is 0 Å². The number of piperidine rings is 1. The third-order valence-electron chi connectivity index (χ3n) is 4.53. The molecule has 0 unspecified atom stereocenters. The van der Waals surface area contributed by atoms with Crippen molar-refractivity contribution in [2.75, 3.05) is 23.7 Å². The third-order valence-corrected chi connectivity index (χ3v) is 5.70. The Morgan fingerprint density at radius 1 is 1.25 bits per heavy atom. The maximum Gasteiger partial charge on any atom is 0.494 e. The molecule has 0 aliphatic carbocycles. The zero-order valence-electron chi connectivity index (χ0n) is 16.7. The molecular formula is C19H26ClF3N2O2S. The summed E-state index contributed by atoms with van der Waals surface area (Å²) < 4.78 is 46.3. The average molecular weight is 439 g/mol. The maximum atomic E-state index is 13.5. The molecular weight excluding hydrogens is 413 g/mol. The van der Waals surface area contributed by atoms with Crippen LogP contribution in [-0.4, -0.2) is 42.2 Å². The lowest BCUT2D eigenvalue weighted by Gasteiger charge is -2.35. The molecule has 1 aromatic carbocycles. The van der Waals surface area contributed by atoms with Crippen molar-refractivity contribution >= 4 is 35.3 Å². The molecule has 0 bridgehead atoms. The van der Waals surface area contributed by atoms with E-state index in [2.05, 4.69) is 0 Å². The Morgan fingerprint density at radius 2 is 1.82 bits per heavy atom. The van der Waals surface area contributed by atoms with Crippen LogP contribution in [-0.2, 0) is 4.74 Å². The number of benzene rings is 1. The number of carbonyl (C=O) groups is 1. The highest BCUT2D eigenvalue weighted by atomic mass is 35.5. The van der Waals surface area contributed by atoms with Gasteiger partial charge in [0.05, 0.1) is 5.69 Å². The molecule has 0 saturated carbocycles. The Labute approximate surface area is 173 Å². The molecule has 158 valence electrons. The van der Waals surface area contributed by atoms with Crippen molar-refractivity contribution in [1.82, 2.24) is 4.90 Å². The van der Waals surface area contributed by atoms with Crippen LogP contribution in [0.1, 0.15) is 50.7 Å². The number of hydrogen-bond acceptors (Lipinski definition) is 4. The molecule has 1 aromatic rings.